The molecular formula is C13H19N. The second-order valence-corrected chi connectivity index (χ2v) is 4.29. The predicted octanol–water partition coefficient (Wildman–Crippen LogP) is 4.27. The maximum absolute atomic E-state index is 4.08. The SMILES string of the molecule is C=Nc1cc(C(C)C)ccc1C(C)C. The van der Waals surface area contributed by atoms with Gasteiger partial charge in [-0.05, 0) is 35.7 Å². The zero-order valence-electron chi connectivity index (χ0n) is 9.54. The highest BCUT2D eigenvalue weighted by Crippen LogP contribution is 2.29. The summed E-state index contributed by atoms with van der Waals surface area (Å²) in [5.74, 6) is 1.06. The Morgan fingerprint density at radius 2 is 1.71 bits per heavy atom. The minimum Gasteiger partial charge on any atom is -0.264 e. The highest BCUT2D eigenvalue weighted by atomic mass is 14.7. The molecule has 0 saturated carbocycles. The van der Waals surface area contributed by atoms with Crippen molar-refractivity contribution < 1.29 is 0 Å². The summed E-state index contributed by atoms with van der Waals surface area (Å²) in [6.07, 6.45) is 0. The van der Waals surface area contributed by atoms with E-state index in [1.54, 1.807) is 0 Å². The third-order valence-electron chi connectivity index (χ3n) is 2.51. The van der Waals surface area contributed by atoms with Crippen LogP contribution >= 0.6 is 0 Å². The van der Waals surface area contributed by atoms with E-state index in [1.165, 1.54) is 11.1 Å². The lowest BCUT2D eigenvalue weighted by Crippen LogP contribution is -1.92. The predicted molar refractivity (Wildman–Crippen MR) is 63.8 cm³/mol. The zero-order valence-corrected chi connectivity index (χ0v) is 9.54. The largest absolute Gasteiger partial charge is 0.264 e. The van der Waals surface area contributed by atoms with Crippen molar-refractivity contribution in [1.82, 2.24) is 0 Å². The minimum absolute atomic E-state index is 0.511. The first kappa shape index (κ1) is 11.0. The summed E-state index contributed by atoms with van der Waals surface area (Å²) in [7, 11) is 0. The minimum atomic E-state index is 0.511. The van der Waals surface area contributed by atoms with Gasteiger partial charge in [-0.1, -0.05) is 39.8 Å². The Morgan fingerprint density at radius 3 is 2.14 bits per heavy atom. The van der Waals surface area contributed by atoms with Crippen LogP contribution < -0.4 is 0 Å². The van der Waals surface area contributed by atoms with Gasteiger partial charge in [0, 0.05) is 0 Å². The Bertz CT molecular complexity index is 324. The molecule has 1 nitrogen and oxygen atoms in total. The molecule has 1 aromatic carbocycles. The van der Waals surface area contributed by atoms with E-state index in [1.807, 2.05) is 0 Å². The van der Waals surface area contributed by atoms with Gasteiger partial charge in [-0.15, -0.1) is 0 Å². The number of aliphatic imine (C=N–C) groups is 1. The molecule has 0 spiro atoms. The normalized spacial score (nSPS) is 11.0. The highest BCUT2D eigenvalue weighted by molar-refractivity contribution is 5.54. The van der Waals surface area contributed by atoms with Gasteiger partial charge in [0.05, 0.1) is 5.69 Å². The molecule has 14 heavy (non-hydrogen) atoms. The Hall–Kier alpha value is -1.11. The van der Waals surface area contributed by atoms with E-state index in [0.29, 0.717) is 11.8 Å². The fourth-order valence-corrected chi connectivity index (χ4v) is 1.54. The molecule has 0 N–H and O–H groups in total. The highest BCUT2D eigenvalue weighted by Gasteiger charge is 2.07. The van der Waals surface area contributed by atoms with E-state index in [0.717, 1.165) is 5.69 Å². The Balaban J connectivity index is 3.18. The van der Waals surface area contributed by atoms with Crippen LogP contribution in [0.4, 0.5) is 5.69 Å². The first-order valence-corrected chi connectivity index (χ1v) is 5.16. The standard InChI is InChI=1S/C13H19N/c1-9(2)11-6-7-12(10(3)4)13(8-11)14-5/h6-10H,5H2,1-4H3. The molecule has 0 unspecified atom stereocenters. The summed E-state index contributed by atoms with van der Waals surface area (Å²) >= 11 is 0. The lowest BCUT2D eigenvalue weighted by Gasteiger charge is -2.12. The molecule has 1 rings (SSSR count). The number of hydrogen-bond donors (Lipinski definition) is 0. The average Bonchev–Trinajstić information content (AvgIpc) is 2.16. The van der Waals surface area contributed by atoms with Gasteiger partial charge in [-0.3, -0.25) is 4.99 Å². The first-order chi connectivity index (χ1) is 6.56. The van der Waals surface area contributed by atoms with Crippen LogP contribution in [0, 0.1) is 0 Å². The van der Waals surface area contributed by atoms with Gasteiger partial charge in [-0.25, -0.2) is 0 Å². The van der Waals surface area contributed by atoms with Crippen molar-refractivity contribution in [3.8, 4) is 0 Å². The smallest absolute Gasteiger partial charge is 0.0659 e. The van der Waals surface area contributed by atoms with Gasteiger partial charge in [0.1, 0.15) is 0 Å². The monoisotopic (exact) mass is 189 g/mol. The quantitative estimate of drug-likeness (QED) is 0.630. The molecule has 1 aromatic rings. The van der Waals surface area contributed by atoms with Gasteiger partial charge >= 0.3 is 0 Å². The van der Waals surface area contributed by atoms with Crippen LogP contribution in [0.3, 0.4) is 0 Å². The zero-order chi connectivity index (χ0) is 10.7. The third-order valence-corrected chi connectivity index (χ3v) is 2.51. The van der Waals surface area contributed by atoms with Crippen molar-refractivity contribution in [2.24, 2.45) is 4.99 Å². The van der Waals surface area contributed by atoms with Gasteiger partial charge < -0.3 is 0 Å². The van der Waals surface area contributed by atoms with E-state index in [2.05, 4.69) is 57.6 Å². The second kappa shape index (κ2) is 4.41. The fourth-order valence-electron chi connectivity index (χ4n) is 1.54. The van der Waals surface area contributed by atoms with Crippen LogP contribution in [-0.4, -0.2) is 6.72 Å². The van der Waals surface area contributed by atoms with Gasteiger partial charge in [0.2, 0.25) is 0 Å². The molecule has 0 aliphatic heterocycles. The second-order valence-electron chi connectivity index (χ2n) is 4.29. The van der Waals surface area contributed by atoms with Crippen molar-refractivity contribution in [2.75, 3.05) is 0 Å². The van der Waals surface area contributed by atoms with E-state index >= 15 is 0 Å². The van der Waals surface area contributed by atoms with E-state index in [-0.39, 0.29) is 0 Å². The number of rotatable bonds is 3. The van der Waals surface area contributed by atoms with Crippen LogP contribution in [-0.2, 0) is 0 Å². The van der Waals surface area contributed by atoms with Crippen molar-refractivity contribution >= 4 is 12.4 Å². The molecule has 0 aromatic heterocycles. The van der Waals surface area contributed by atoms with Crippen LogP contribution in [0.5, 0.6) is 0 Å². The average molecular weight is 189 g/mol. The molecule has 0 heterocycles. The van der Waals surface area contributed by atoms with Gasteiger partial charge in [0.25, 0.3) is 0 Å². The summed E-state index contributed by atoms with van der Waals surface area (Å²) in [4.78, 5) is 4.08. The molecule has 0 atom stereocenters. The number of nitrogens with zero attached hydrogens (tertiary/aromatic N) is 1. The van der Waals surface area contributed by atoms with Gasteiger partial charge in [0.15, 0.2) is 0 Å². The van der Waals surface area contributed by atoms with Crippen molar-refractivity contribution in [3.63, 3.8) is 0 Å². The summed E-state index contributed by atoms with van der Waals surface area (Å²) in [5.41, 5.74) is 3.65. The van der Waals surface area contributed by atoms with Crippen molar-refractivity contribution in [1.29, 1.82) is 0 Å². The molecule has 0 aliphatic carbocycles. The number of benzene rings is 1. The molecule has 0 aliphatic rings. The Labute approximate surface area is 86.9 Å². The van der Waals surface area contributed by atoms with E-state index in [4.69, 9.17) is 0 Å². The van der Waals surface area contributed by atoms with Crippen molar-refractivity contribution in [2.45, 2.75) is 39.5 Å². The molecular weight excluding hydrogens is 170 g/mol. The third kappa shape index (κ3) is 2.22. The summed E-state index contributed by atoms with van der Waals surface area (Å²) < 4.78 is 0. The maximum atomic E-state index is 4.08. The molecule has 0 radical (unpaired) electrons. The van der Waals surface area contributed by atoms with Crippen LogP contribution in [0.25, 0.3) is 0 Å². The molecule has 0 bridgehead atoms. The summed E-state index contributed by atoms with van der Waals surface area (Å²) in [5, 5.41) is 0. The lowest BCUT2D eigenvalue weighted by atomic mass is 9.95. The van der Waals surface area contributed by atoms with Crippen molar-refractivity contribution in [3.05, 3.63) is 29.3 Å². The maximum Gasteiger partial charge on any atom is 0.0659 e. The van der Waals surface area contributed by atoms with Crippen LogP contribution in [0.1, 0.15) is 50.7 Å². The number of hydrogen-bond acceptors (Lipinski definition) is 1. The molecule has 0 fully saturated rings. The Morgan fingerprint density at radius 1 is 1.07 bits per heavy atom. The first-order valence-electron chi connectivity index (χ1n) is 5.16. The molecule has 0 saturated heterocycles. The van der Waals surface area contributed by atoms with E-state index in [9.17, 15) is 0 Å². The Kier molecular flexibility index (Phi) is 3.45. The van der Waals surface area contributed by atoms with Crippen LogP contribution in [0.2, 0.25) is 0 Å². The summed E-state index contributed by atoms with van der Waals surface area (Å²) in [6.45, 7) is 12.4. The molecule has 1 heteroatoms. The summed E-state index contributed by atoms with van der Waals surface area (Å²) in [6, 6.07) is 6.51. The van der Waals surface area contributed by atoms with Crippen LogP contribution in [0.15, 0.2) is 23.2 Å². The molecule has 0 amide bonds. The fraction of sp³-hybridized carbons (Fsp3) is 0.462. The topological polar surface area (TPSA) is 12.4 Å². The van der Waals surface area contributed by atoms with Gasteiger partial charge in [-0.2, -0.15) is 0 Å². The molecule has 76 valence electrons. The lowest BCUT2D eigenvalue weighted by molar-refractivity contribution is 0.845. The van der Waals surface area contributed by atoms with E-state index < -0.39 is 0 Å².